The first kappa shape index (κ1) is 21.9. The van der Waals surface area contributed by atoms with Crippen molar-refractivity contribution in [1.29, 1.82) is 0 Å². The van der Waals surface area contributed by atoms with Gasteiger partial charge < -0.3 is 13.9 Å². The number of rotatable bonds is 4. The Morgan fingerprint density at radius 3 is 2.11 bits per heavy atom. The van der Waals surface area contributed by atoms with Gasteiger partial charge in [0.25, 0.3) is 0 Å². The van der Waals surface area contributed by atoms with Crippen molar-refractivity contribution in [1.82, 2.24) is 4.90 Å². The van der Waals surface area contributed by atoms with Gasteiger partial charge in [0.05, 0.1) is 31.6 Å². The van der Waals surface area contributed by atoms with Crippen molar-refractivity contribution in [2.45, 2.75) is 71.3 Å². The number of imide groups is 1. The summed E-state index contributed by atoms with van der Waals surface area (Å²) in [5, 5.41) is -0.00291. The number of carbonyl (C=O) groups excluding carboxylic acids is 3. The quantitative estimate of drug-likeness (QED) is 0.533. The molecule has 154 valence electrons. The number of esters is 1. The Morgan fingerprint density at radius 2 is 1.67 bits per heavy atom. The number of amides is 2. The summed E-state index contributed by atoms with van der Waals surface area (Å²) in [6, 6.07) is -0.504. The average Bonchev–Trinajstić information content (AvgIpc) is 3.15. The lowest BCUT2D eigenvalue weighted by atomic mass is 10.1. The molecule has 0 aromatic heterocycles. The molecular formula is C19H33NO6Si. The molecule has 2 rings (SSSR count). The Bertz CT molecular complexity index is 633. The number of methoxy groups -OCH3 is 1. The molecule has 1 saturated carbocycles. The van der Waals surface area contributed by atoms with Crippen LogP contribution in [0.2, 0.25) is 18.1 Å². The number of hydrogen-bond donors (Lipinski definition) is 0. The summed E-state index contributed by atoms with van der Waals surface area (Å²) in [6.45, 7) is 16.1. The second-order valence-corrected chi connectivity index (χ2v) is 14.8. The molecule has 0 spiro atoms. The highest BCUT2D eigenvalue weighted by atomic mass is 28.4. The van der Waals surface area contributed by atoms with E-state index in [1.54, 1.807) is 20.8 Å². The maximum Gasteiger partial charge on any atom is 0.417 e. The first-order chi connectivity index (χ1) is 12.1. The van der Waals surface area contributed by atoms with Crippen molar-refractivity contribution in [2.75, 3.05) is 13.7 Å². The van der Waals surface area contributed by atoms with E-state index in [2.05, 4.69) is 33.9 Å². The number of carbonyl (C=O) groups is 3. The molecule has 27 heavy (non-hydrogen) atoms. The van der Waals surface area contributed by atoms with Crippen LogP contribution in [0.3, 0.4) is 0 Å². The number of likely N-dealkylation sites (tertiary alicyclic amines) is 1. The van der Waals surface area contributed by atoms with Gasteiger partial charge in [0.1, 0.15) is 5.60 Å². The van der Waals surface area contributed by atoms with Gasteiger partial charge in [-0.3, -0.25) is 9.59 Å². The molecule has 0 aromatic carbocycles. The Labute approximate surface area is 162 Å². The third-order valence-corrected chi connectivity index (χ3v) is 10.4. The van der Waals surface area contributed by atoms with Gasteiger partial charge in [-0.25, -0.2) is 9.69 Å². The van der Waals surface area contributed by atoms with Crippen LogP contribution in [0, 0.1) is 17.8 Å². The first-order valence-corrected chi connectivity index (χ1v) is 12.3. The molecule has 0 unspecified atom stereocenters. The van der Waals surface area contributed by atoms with Crippen LogP contribution >= 0.6 is 0 Å². The topological polar surface area (TPSA) is 82.1 Å². The molecular weight excluding hydrogens is 366 g/mol. The van der Waals surface area contributed by atoms with Gasteiger partial charge >= 0.3 is 12.1 Å². The summed E-state index contributed by atoms with van der Waals surface area (Å²) in [4.78, 5) is 38.6. The van der Waals surface area contributed by atoms with E-state index in [0.717, 1.165) is 4.90 Å². The second-order valence-electron chi connectivity index (χ2n) is 9.98. The summed E-state index contributed by atoms with van der Waals surface area (Å²) in [6.07, 6.45) is -0.674. The number of ether oxygens (including phenoxy) is 2. The Balaban J connectivity index is 2.22. The van der Waals surface area contributed by atoms with Crippen LogP contribution < -0.4 is 0 Å². The van der Waals surface area contributed by atoms with Gasteiger partial charge in [0.15, 0.2) is 8.32 Å². The van der Waals surface area contributed by atoms with Crippen LogP contribution in [0.1, 0.15) is 41.5 Å². The highest BCUT2D eigenvalue weighted by molar-refractivity contribution is 6.74. The molecule has 1 heterocycles. The van der Waals surface area contributed by atoms with Crippen LogP contribution in [-0.2, 0) is 23.5 Å². The fraction of sp³-hybridized carbons (Fsp3) is 0.842. The molecule has 1 aliphatic carbocycles. The zero-order chi connectivity index (χ0) is 20.9. The van der Waals surface area contributed by atoms with Crippen molar-refractivity contribution < 1.29 is 28.3 Å². The minimum absolute atomic E-state index is 0.00291. The Hall–Kier alpha value is -1.41. The predicted octanol–water partition coefficient (Wildman–Crippen LogP) is 3.19. The largest absolute Gasteiger partial charge is 0.469 e. The lowest BCUT2D eigenvalue weighted by molar-refractivity contribution is -0.146. The molecule has 0 aromatic rings. The molecule has 0 radical (unpaired) electrons. The van der Waals surface area contributed by atoms with Crippen LogP contribution in [-0.4, -0.2) is 56.5 Å². The highest BCUT2D eigenvalue weighted by Crippen LogP contribution is 2.57. The van der Waals surface area contributed by atoms with E-state index >= 15 is 0 Å². The van der Waals surface area contributed by atoms with E-state index < -0.39 is 43.9 Å². The van der Waals surface area contributed by atoms with Crippen molar-refractivity contribution in [2.24, 2.45) is 17.8 Å². The zero-order valence-corrected chi connectivity index (χ0v) is 18.9. The summed E-state index contributed by atoms with van der Waals surface area (Å²) in [5.41, 5.74) is -0.712. The molecule has 4 atom stereocenters. The summed E-state index contributed by atoms with van der Waals surface area (Å²) in [5.74, 6) is -2.04. The minimum Gasteiger partial charge on any atom is -0.469 e. The van der Waals surface area contributed by atoms with Gasteiger partial charge in [-0.1, -0.05) is 20.8 Å². The van der Waals surface area contributed by atoms with E-state index in [1.807, 2.05) is 0 Å². The summed E-state index contributed by atoms with van der Waals surface area (Å²) < 4.78 is 16.5. The fourth-order valence-electron chi connectivity index (χ4n) is 3.30. The van der Waals surface area contributed by atoms with Crippen LogP contribution in [0.5, 0.6) is 0 Å². The number of fused-ring (bicyclic) bond motifs is 1. The van der Waals surface area contributed by atoms with Crippen molar-refractivity contribution in [3.05, 3.63) is 0 Å². The van der Waals surface area contributed by atoms with E-state index in [4.69, 9.17) is 13.9 Å². The lowest BCUT2D eigenvalue weighted by Crippen LogP contribution is -2.50. The van der Waals surface area contributed by atoms with E-state index in [9.17, 15) is 14.4 Å². The summed E-state index contributed by atoms with van der Waals surface area (Å²) >= 11 is 0. The molecule has 2 fully saturated rings. The maximum atomic E-state index is 12.8. The standard InChI is InChI=1S/C19H33NO6Si/c1-18(2,3)26-17(23)20-11(10-25-27(8,9)19(4,5)6)12-13(15(20)21)14(12)16(22)24-7/h11-14H,10H2,1-9H3/t11-,12+,13-,14-/m1/s1. The number of piperidine rings is 1. The third kappa shape index (κ3) is 4.21. The average molecular weight is 400 g/mol. The smallest absolute Gasteiger partial charge is 0.417 e. The van der Waals surface area contributed by atoms with E-state index in [-0.39, 0.29) is 23.5 Å². The van der Waals surface area contributed by atoms with Gasteiger partial charge in [0, 0.05) is 5.92 Å². The van der Waals surface area contributed by atoms with Gasteiger partial charge in [0.2, 0.25) is 5.91 Å². The molecule has 7 nitrogen and oxygen atoms in total. The molecule has 0 N–H and O–H groups in total. The Morgan fingerprint density at radius 1 is 1.11 bits per heavy atom. The third-order valence-electron chi connectivity index (χ3n) is 5.86. The molecule has 0 bridgehead atoms. The van der Waals surface area contributed by atoms with Crippen molar-refractivity contribution >= 4 is 26.3 Å². The molecule has 1 saturated heterocycles. The maximum absolute atomic E-state index is 12.8. The van der Waals surface area contributed by atoms with Gasteiger partial charge in [-0.15, -0.1) is 0 Å². The summed E-state index contributed by atoms with van der Waals surface area (Å²) in [7, 11) is -0.767. The van der Waals surface area contributed by atoms with Crippen LogP contribution in [0.25, 0.3) is 0 Å². The van der Waals surface area contributed by atoms with Crippen LogP contribution in [0.15, 0.2) is 0 Å². The number of hydrogen-bond acceptors (Lipinski definition) is 6. The predicted molar refractivity (Wildman–Crippen MR) is 103 cm³/mol. The minimum atomic E-state index is -2.08. The molecule has 8 heteroatoms. The van der Waals surface area contributed by atoms with Crippen molar-refractivity contribution in [3.8, 4) is 0 Å². The highest BCUT2D eigenvalue weighted by Gasteiger charge is 2.71. The monoisotopic (exact) mass is 399 g/mol. The second kappa shape index (κ2) is 6.88. The Kier molecular flexibility index (Phi) is 5.58. The molecule has 1 aliphatic heterocycles. The normalized spacial score (nSPS) is 28.0. The van der Waals surface area contributed by atoms with Gasteiger partial charge in [-0.2, -0.15) is 0 Å². The SMILES string of the molecule is COC(=O)[C@H]1[C@@H]2C(=O)N(C(=O)OC(C)(C)C)[C@H](CO[Si](C)(C)C(C)(C)C)[C@H]12. The van der Waals surface area contributed by atoms with Gasteiger partial charge in [-0.05, 0) is 38.9 Å². The van der Waals surface area contributed by atoms with Crippen molar-refractivity contribution in [3.63, 3.8) is 0 Å². The molecule has 2 aliphatic rings. The first-order valence-electron chi connectivity index (χ1n) is 9.40. The zero-order valence-electron chi connectivity index (χ0n) is 17.9. The van der Waals surface area contributed by atoms with E-state index in [0.29, 0.717) is 0 Å². The van der Waals surface area contributed by atoms with Crippen LogP contribution in [0.4, 0.5) is 4.79 Å². The lowest BCUT2D eigenvalue weighted by Gasteiger charge is -2.38. The number of nitrogens with zero attached hydrogens (tertiary/aromatic N) is 1. The fourth-order valence-corrected chi connectivity index (χ4v) is 4.32. The van der Waals surface area contributed by atoms with E-state index in [1.165, 1.54) is 7.11 Å². The molecule has 2 amide bonds.